The monoisotopic (exact) mass is 228 g/mol. The first-order chi connectivity index (χ1) is 7.65. The second-order valence-electron chi connectivity index (χ2n) is 4.88. The van der Waals surface area contributed by atoms with Crippen LogP contribution in [0.25, 0.3) is 0 Å². The number of likely N-dealkylation sites (tertiary alicyclic amines) is 1. The minimum atomic E-state index is -0.129. The maximum Gasteiger partial charge on any atom is 0.317 e. The van der Waals surface area contributed by atoms with E-state index in [9.17, 15) is 4.79 Å². The quantitative estimate of drug-likeness (QED) is 0.770. The Morgan fingerprint density at radius 3 is 2.25 bits per heavy atom. The fourth-order valence-electron chi connectivity index (χ4n) is 1.95. The largest absolute Gasteiger partial charge is 0.394 e. The van der Waals surface area contributed by atoms with E-state index in [1.807, 2.05) is 18.7 Å². The van der Waals surface area contributed by atoms with E-state index >= 15 is 0 Å². The van der Waals surface area contributed by atoms with Gasteiger partial charge in [-0.15, -0.1) is 0 Å². The van der Waals surface area contributed by atoms with Crippen LogP contribution in [0.1, 0.15) is 39.5 Å². The molecule has 16 heavy (non-hydrogen) atoms. The van der Waals surface area contributed by atoms with Crippen molar-refractivity contribution < 1.29 is 9.90 Å². The summed E-state index contributed by atoms with van der Waals surface area (Å²) in [5.74, 6) is 0.265. The molecular weight excluding hydrogens is 204 g/mol. The number of carbonyl (C=O) groups is 1. The normalized spacial score (nSPS) is 19.4. The van der Waals surface area contributed by atoms with Crippen LogP contribution in [0.4, 0.5) is 4.79 Å². The summed E-state index contributed by atoms with van der Waals surface area (Å²) in [6, 6.07) is -0.148. The van der Waals surface area contributed by atoms with Gasteiger partial charge in [-0.25, -0.2) is 4.79 Å². The van der Waals surface area contributed by atoms with Crippen LogP contribution in [-0.4, -0.2) is 41.8 Å². The first-order valence-corrected chi connectivity index (χ1v) is 6.31. The molecule has 94 valence electrons. The lowest BCUT2D eigenvalue weighted by atomic mass is 10.1. The fourth-order valence-corrected chi connectivity index (χ4v) is 1.95. The van der Waals surface area contributed by atoms with E-state index in [1.165, 1.54) is 12.8 Å². The number of urea groups is 1. The Bertz CT molecular complexity index is 211. The molecule has 4 heteroatoms. The second-order valence-corrected chi connectivity index (χ2v) is 4.88. The number of amides is 2. The van der Waals surface area contributed by atoms with Crippen LogP contribution in [0.15, 0.2) is 0 Å². The average molecular weight is 228 g/mol. The van der Waals surface area contributed by atoms with E-state index in [-0.39, 0.29) is 24.6 Å². The van der Waals surface area contributed by atoms with Gasteiger partial charge in [0.25, 0.3) is 0 Å². The van der Waals surface area contributed by atoms with Crippen molar-refractivity contribution in [2.24, 2.45) is 5.92 Å². The van der Waals surface area contributed by atoms with Crippen molar-refractivity contribution in [3.8, 4) is 0 Å². The molecule has 0 spiro atoms. The van der Waals surface area contributed by atoms with E-state index < -0.39 is 0 Å². The molecule has 1 saturated heterocycles. The summed E-state index contributed by atoms with van der Waals surface area (Å²) in [7, 11) is 0. The summed E-state index contributed by atoms with van der Waals surface area (Å²) >= 11 is 0. The number of hydrogen-bond acceptors (Lipinski definition) is 2. The number of carbonyl (C=O) groups excluding carboxylic acids is 1. The minimum Gasteiger partial charge on any atom is -0.394 e. The van der Waals surface area contributed by atoms with Gasteiger partial charge in [0, 0.05) is 13.1 Å². The van der Waals surface area contributed by atoms with Gasteiger partial charge in [-0.05, 0) is 18.8 Å². The molecule has 1 aliphatic rings. The molecule has 0 aliphatic carbocycles. The molecule has 2 N–H and O–H groups in total. The SMILES string of the molecule is CC(C)C(CO)NC(=O)N1CCCCCC1. The molecule has 1 atom stereocenters. The van der Waals surface area contributed by atoms with Crippen molar-refractivity contribution in [1.29, 1.82) is 0 Å². The Labute approximate surface area is 98.0 Å². The smallest absolute Gasteiger partial charge is 0.317 e. The zero-order valence-electron chi connectivity index (χ0n) is 10.4. The van der Waals surface area contributed by atoms with Gasteiger partial charge < -0.3 is 15.3 Å². The highest BCUT2D eigenvalue weighted by molar-refractivity contribution is 5.74. The highest BCUT2D eigenvalue weighted by Crippen LogP contribution is 2.10. The number of nitrogens with one attached hydrogen (secondary N) is 1. The average Bonchev–Trinajstić information content (AvgIpc) is 2.53. The first-order valence-electron chi connectivity index (χ1n) is 6.31. The summed E-state index contributed by atoms with van der Waals surface area (Å²) in [6.07, 6.45) is 4.63. The third kappa shape index (κ3) is 4.00. The van der Waals surface area contributed by atoms with Gasteiger partial charge in [0.1, 0.15) is 0 Å². The summed E-state index contributed by atoms with van der Waals surface area (Å²) in [5, 5.41) is 12.1. The Balaban J connectivity index is 2.42. The summed E-state index contributed by atoms with van der Waals surface area (Å²) < 4.78 is 0. The van der Waals surface area contributed by atoms with Crippen molar-refractivity contribution in [2.75, 3.05) is 19.7 Å². The summed E-state index contributed by atoms with van der Waals surface area (Å²) in [5.41, 5.74) is 0. The Hall–Kier alpha value is -0.770. The van der Waals surface area contributed by atoms with Gasteiger partial charge in [0.15, 0.2) is 0 Å². The minimum absolute atomic E-state index is 0.0112. The maximum absolute atomic E-state index is 11.9. The lowest BCUT2D eigenvalue weighted by Gasteiger charge is -2.26. The summed E-state index contributed by atoms with van der Waals surface area (Å²) in [6.45, 7) is 5.72. The Morgan fingerprint density at radius 2 is 1.81 bits per heavy atom. The van der Waals surface area contributed by atoms with Gasteiger partial charge >= 0.3 is 6.03 Å². The lowest BCUT2D eigenvalue weighted by molar-refractivity contribution is 0.172. The van der Waals surface area contributed by atoms with Crippen LogP contribution in [0, 0.1) is 5.92 Å². The summed E-state index contributed by atoms with van der Waals surface area (Å²) in [4.78, 5) is 13.8. The zero-order valence-corrected chi connectivity index (χ0v) is 10.4. The van der Waals surface area contributed by atoms with E-state index in [4.69, 9.17) is 5.11 Å². The van der Waals surface area contributed by atoms with Gasteiger partial charge in [-0.1, -0.05) is 26.7 Å². The molecule has 0 saturated carbocycles. The molecule has 0 aromatic carbocycles. The molecule has 1 aliphatic heterocycles. The molecule has 2 amide bonds. The zero-order chi connectivity index (χ0) is 12.0. The molecule has 1 fully saturated rings. The molecule has 4 nitrogen and oxygen atoms in total. The van der Waals surface area contributed by atoms with Crippen molar-refractivity contribution >= 4 is 6.03 Å². The molecular formula is C12H24N2O2. The number of aliphatic hydroxyl groups is 1. The number of aliphatic hydroxyl groups excluding tert-OH is 1. The van der Waals surface area contributed by atoms with Gasteiger partial charge in [0.2, 0.25) is 0 Å². The van der Waals surface area contributed by atoms with Crippen LogP contribution < -0.4 is 5.32 Å². The Kier molecular flexibility index (Phi) is 5.60. The molecule has 0 aromatic rings. The van der Waals surface area contributed by atoms with Crippen LogP contribution in [0.5, 0.6) is 0 Å². The fraction of sp³-hybridized carbons (Fsp3) is 0.917. The van der Waals surface area contributed by atoms with E-state index in [2.05, 4.69) is 5.32 Å². The standard InChI is InChI=1S/C12H24N2O2/c1-10(2)11(9-15)13-12(16)14-7-5-3-4-6-8-14/h10-11,15H,3-9H2,1-2H3,(H,13,16). The number of rotatable bonds is 3. The highest BCUT2D eigenvalue weighted by Gasteiger charge is 2.20. The molecule has 0 bridgehead atoms. The van der Waals surface area contributed by atoms with Gasteiger partial charge in [0.05, 0.1) is 12.6 Å². The number of nitrogens with zero attached hydrogens (tertiary/aromatic N) is 1. The number of hydrogen-bond donors (Lipinski definition) is 2. The lowest BCUT2D eigenvalue weighted by Crippen LogP contribution is -2.48. The first kappa shape index (κ1) is 13.3. The van der Waals surface area contributed by atoms with Crippen molar-refractivity contribution in [3.05, 3.63) is 0 Å². The van der Waals surface area contributed by atoms with E-state index in [0.29, 0.717) is 0 Å². The molecule has 1 unspecified atom stereocenters. The third-order valence-corrected chi connectivity index (χ3v) is 3.20. The van der Waals surface area contributed by atoms with Crippen molar-refractivity contribution in [3.63, 3.8) is 0 Å². The molecule has 1 heterocycles. The predicted octanol–water partition coefficient (Wildman–Crippen LogP) is 1.59. The van der Waals surface area contributed by atoms with Crippen LogP contribution in [-0.2, 0) is 0 Å². The second kappa shape index (κ2) is 6.74. The topological polar surface area (TPSA) is 52.6 Å². The predicted molar refractivity (Wildman–Crippen MR) is 64.3 cm³/mol. The van der Waals surface area contributed by atoms with Crippen LogP contribution >= 0.6 is 0 Å². The van der Waals surface area contributed by atoms with E-state index in [0.717, 1.165) is 25.9 Å². The van der Waals surface area contributed by atoms with Gasteiger partial charge in [-0.3, -0.25) is 0 Å². The van der Waals surface area contributed by atoms with Crippen LogP contribution in [0.2, 0.25) is 0 Å². The van der Waals surface area contributed by atoms with Crippen molar-refractivity contribution in [2.45, 2.75) is 45.6 Å². The van der Waals surface area contributed by atoms with Crippen LogP contribution in [0.3, 0.4) is 0 Å². The van der Waals surface area contributed by atoms with Gasteiger partial charge in [-0.2, -0.15) is 0 Å². The highest BCUT2D eigenvalue weighted by atomic mass is 16.3. The third-order valence-electron chi connectivity index (χ3n) is 3.20. The molecule has 1 rings (SSSR count). The molecule has 0 radical (unpaired) electrons. The Morgan fingerprint density at radius 1 is 1.25 bits per heavy atom. The molecule has 0 aromatic heterocycles. The maximum atomic E-state index is 11.9. The van der Waals surface area contributed by atoms with Crippen molar-refractivity contribution in [1.82, 2.24) is 10.2 Å². The van der Waals surface area contributed by atoms with E-state index in [1.54, 1.807) is 0 Å².